The Hall–Kier alpha value is -1.95. The summed E-state index contributed by atoms with van der Waals surface area (Å²) in [6.45, 7) is 4.80. The Morgan fingerprint density at radius 3 is 2.47 bits per heavy atom. The molecule has 1 aromatic carbocycles. The normalized spacial score (nSPS) is 11.7. The second kappa shape index (κ2) is 7.48. The molecule has 106 valence electrons. The molecule has 0 aliphatic heterocycles. The van der Waals surface area contributed by atoms with Crippen molar-refractivity contribution in [2.75, 3.05) is 25.1 Å². The lowest BCUT2D eigenvalue weighted by molar-refractivity contribution is -0.137. The number of rotatable bonds is 8. The van der Waals surface area contributed by atoms with Crippen molar-refractivity contribution in [2.24, 2.45) is 5.73 Å². The van der Waals surface area contributed by atoms with Crippen molar-refractivity contribution in [3.8, 4) is 11.5 Å². The number of nitrogens with two attached hydrogens (primary N) is 1. The van der Waals surface area contributed by atoms with E-state index in [4.69, 9.17) is 20.3 Å². The lowest BCUT2D eigenvalue weighted by Crippen LogP contribution is -2.36. The first kappa shape index (κ1) is 15.1. The predicted molar refractivity (Wildman–Crippen MR) is 72.9 cm³/mol. The van der Waals surface area contributed by atoms with E-state index in [1.165, 1.54) is 0 Å². The summed E-state index contributed by atoms with van der Waals surface area (Å²) in [5.41, 5.74) is 6.03. The van der Waals surface area contributed by atoms with Crippen molar-refractivity contribution in [3.05, 3.63) is 18.2 Å². The maximum atomic E-state index is 10.9. The Kier molecular flexibility index (Phi) is 5.95. The summed E-state index contributed by atoms with van der Waals surface area (Å²) >= 11 is 0. The van der Waals surface area contributed by atoms with E-state index < -0.39 is 12.0 Å². The molecule has 1 rings (SSSR count). The highest BCUT2D eigenvalue weighted by atomic mass is 16.5. The molecule has 0 aliphatic carbocycles. The molecule has 6 heteroatoms. The van der Waals surface area contributed by atoms with Crippen molar-refractivity contribution >= 4 is 11.7 Å². The van der Waals surface area contributed by atoms with Gasteiger partial charge >= 0.3 is 5.97 Å². The minimum Gasteiger partial charge on any atom is -0.490 e. The molecule has 0 fully saturated rings. The van der Waals surface area contributed by atoms with Crippen LogP contribution in [-0.2, 0) is 4.79 Å². The van der Waals surface area contributed by atoms with Crippen LogP contribution < -0.4 is 20.5 Å². The molecule has 1 atom stereocenters. The smallest absolute Gasteiger partial charge is 0.327 e. The zero-order valence-electron chi connectivity index (χ0n) is 11.2. The maximum absolute atomic E-state index is 10.9. The van der Waals surface area contributed by atoms with Crippen molar-refractivity contribution < 1.29 is 19.4 Å². The third-order valence-corrected chi connectivity index (χ3v) is 2.42. The van der Waals surface area contributed by atoms with Crippen molar-refractivity contribution in [2.45, 2.75) is 19.9 Å². The minimum absolute atomic E-state index is 0.00646. The van der Waals surface area contributed by atoms with E-state index in [0.717, 1.165) is 0 Å². The summed E-state index contributed by atoms with van der Waals surface area (Å²) in [7, 11) is 0. The van der Waals surface area contributed by atoms with Crippen molar-refractivity contribution in [1.82, 2.24) is 0 Å². The van der Waals surface area contributed by atoms with E-state index in [9.17, 15) is 4.79 Å². The second-order valence-corrected chi connectivity index (χ2v) is 3.80. The summed E-state index contributed by atoms with van der Waals surface area (Å²) in [6.07, 6.45) is 0. The third kappa shape index (κ3) is 4.33. The van der Waals surface area contributed by atoms with Gasteiger partial charge in [-0.15, -0.1) is 0 Å². The number of carboxylic acid groups (broad SMARTS) is 1. The summed E-state index contributed by atoms with van der Waals surface area (Å²) in [4.78, 5) is 10.9. The van der Waals surface area contributed by atoms with Gasteiger partial charge in [0.25, 0.3) is 0 Å². The lowest BCUT2D eigenvalue weighted by atomic mass is 10.2. The van der Waals surface area contributed by atoms with Crippen molar-refractivity contribution in [3.63, 3.8) is 0 Å². The summed E-state index contributed by atoms with van der Waals surface area (Å²) in [5, 5.41) is 11.8. The molecule has 1 aromatic rings. The van der Waals surface area contributed by atoms with Gasteiger partial charge in [0.1, 0.15) is 6.04 Å². The Labute approximate surface area is 112 Å². The van der Waals surface area contributed by atoms with Gasteiger partial charge in [-0.05, 0) is 26.0 Å². The fourth-order valence-corrected chi connectivity index (χ4v) is 1.56. The van der Waals surface area contributed by atoms with Crippen LogP contribution >= 0.6 is 0 Å². The quantitative estimate of drug-likeness (QED) is 0.658. The molecular weight excluding hydrogens is 248 g/mol. The van der Waals surface area contributed by atoms with Gasteiger partial charge in [-0.3, -0.25) is 0 Å². The number of benzene rings is 1. The molecule has 19 heavy (non-hydrogen) atoms. The second-order valence-electron chi connectivity index (χ2n) is 3.80. The predicted octanol–water partition coefficient (Wildman–Crippen LogP) is 1.31. The standard InChI is InChI=1S/C13H20N2O4/c1-3-18-11-6-5-9(7-12(11)19-4-2)15-10(8-14)13(16)17/h5-7,10,15H,3-4,8,14H2,1-2H3,(H,16,17). The molecule has 4 N–H and O–H groups in total. The van der Waals surface area contributed by atoms with Crippen LogP contribution in [-0.4, -0.2) is 36.9 Å². The molecule has 0 aliphatic rings. The molecule has 1 unspecified atom stereocenters. The van der Waals surface area contributed by atoms with Gasteiger partial charge in [0.2, 0.25) is 0 Å². The summed E-state index contributed by atoms with van der Waals surface area (Å²) < 4.78 is 10.9. The van der Waals surface area contributed by atoms with Gasteiger partial charge in [-0.25, -0.2) is 4.79 Å². The molecule has 0 bridgehead atoms. The van der Waals surface area contributed by atoms with Gasteiger partial charge < -0.3 is 25.6 Å². The van der Waals surface area contributed by atoms with Crippen LogP contribution in [0.5, 0.6) is 11.5 Å². The highest BCUT2D eigenvalue weighted by molar-refractivity contribution is 5.77. The number of hydrogen-bond donors (Lipinski definition) is 3. The van der Waals surface area contributed by atoms with Crippen LogP contribution in [0.15, 0.2) is 18.2 Å². The van der Waals surface area contributed by atoms with Crippen LogP contribution in [0.3, 0.4) is 0 Å². The Morgan fingerprint density at radius 2 is 1.95 bits per heavy atom. The molecular formula is C13H20N2O4. The third-order valence-electron chi connectivity index (χ3n) is 2.42. The molecule has 0 amide bonds. The lowest BCUT2D eigenvalue weighted by Gasteiger charge is -2.16. The SMILES string of the molecule is CCOc1ccc(NC(CN)C(=O)O)cc1OCC. The first-order chi connectivity index (χ1) is 9.12. The Balaban J connectivity index is 2.90. The number of hydrogen-bond acceptors (Lipinski definition) is 5. The summed E-state index contributed by atoms with van der Waals surface area (Å²) in [5.74, 6) is 0.222. The van der Waals surface area contributed by atoms with E-state index in [0.29, 0.717) is 30.4 Å². The van der Waals surface area contributed by atoms with Crippen LogP contribution in [0.1, 0.15) is 13.8 Å². The van der Waals surface area contributed by atoms with Crippen LogP contribution in [0.25, 0.3) is 0 Å². The zero-order chi connectivity index (χ0) is 14.3. The van der Waals surface area contributed by atoms with Gasteiger partial charge in [0.15, 0.2) is 11.5 Å². The molecule has 0 spiro atoms. The molecule has 6 nitrogen and oxygen atoms in total. The van der Waals surface area contributed by atoms with E-state index >= 15 is 0 Å². The van der Waals surface area contributed by atoms with Gasteiger partial charge in [0.05, 0.1) is 13.2 Å². The fourth-order valence-electron chi connectivity index (χ4n) is 1.56. The Bertz CT molecular complexity index is 423. The van der Waals surface area contributed by atoms with Crippen LogP contribution in [0.2, 0.25) is 0 Å². The number of nitrogens with one attached hydrogen (secondary N) is 1. The summed E-state index contributed by atoms with van der Waals surface area (Å²) in [6, 6.07) is 4.36. The van der Waals surface area contributed by atoms with E-state index in [2.05, 4.69) is 5.32 Å². The highest BCUT2D eigenvalue weighted by Crippen LogP contribution is 2.30. The highest BCUT2D eigenvalue weighted by Gasteiger charge is 2.15. The minimum atomic E-state index is -0.991. The van der Waals surface area contributed by atoms with Crippen molar-refractivity contribution in [1.29, 1.82) is 0 Å². The maximum Gasteiger partial charge on any atom is 0.327 e. The average molecular weight is 268 g/mol. The van der Waals surface area contributed by atoms with E-state index in [1.807, 2.05) is 13.8 Å². The number of carboxylic acids is 1. The topological polar surface area (TPSA) is 93.8 Å². The first-order valence-electron chi connectivity index (χ1n) is 6.21. The van der Waals surface area contributed by atoms with Gasteiger partial charge in [-0.2, -0.15) is 0 Å². The van der Waals surface area contributed by atoms with Crippen LogP contribution in [0.4, 0.5) is 5.69 Å². The average Bonchev–Trinajstić information content (AvgIpc) is 2.39. The molecule has 0 radical (unpaired) electrons. The fraction of sp³-hybridized carbons (Fsp3) is 0.462. The van der Waals surface area contributed by atoms with E-state index in [-0.39, 0.29) is 6.54 Å². The number of aliphatic carboxylic acids is 1. The first-order valence-corrected chi connectivity index (χ1v) is 6.21. The Morgan fingerprint density at radius 1 is 1.32 bits per heavy atom. The zero-order valence-corrected chi connectivity index (χ0v) is 11.2. The molecule has 0 saturated carbocycles. The molecule has 0 heterocycles. The number of carbonyl (C=O) groups is 1. The van der Waals surface area contributed by atoms with Crippen LogP contribution in [0, 0.1) is 0 Å². The number of anilines is 1. The van der Waals surface area contributed by atoms with Gasteiger partial charge in [0, 0.05) is 18.3 Å². The monoisotopic (exact) mass is 268 g/mol. The molecule has 0 saturated heterocycles. The number of ether oxygens (including phenoxy) is 2. The largest absolute Gasteiger partial charge is 0.490 e. The van der Waals surface area contributed by atoms with Gasteiger partial charge in [-0.1, -0.05) is 0 Å². The molecule has 0 aromatic heterocycles. The van der Waals surface area contributed by atoms with E-state index in [1.54, 1.807) is 18.2 Å².